The van der Waals surface area contributed by atoms with Gasteiger partial charge in [-0.05, 0) is 25.0 Å². The van der Waals surface area contributed by atoms with Gasteiger partial charge in [0.1, 0.15) is 36.8 Å². The lowest BCUT2D eigenvalue weighted by molar-refractivity contribution is -0.696. The minimum atomic E-state index is 0.498. The van der Waals surface area contributed by atoms with Crippen LogP contribution in [0.3, 0.4) is 0 Å². The summed E-state index contributed by atoms with van der Waals surface area (Å²) in [4.78, 5) is 4.41. The Kier molecular flexibility index (Phi) is 17.1. The van der Waals surface area contributed by atoms with Crippen LogP contribution in [0.2, 0.25) is 0 Å². The number of aryl methyl sites for hydroxylation is 1. The van der Waals surface area contributed by atoms with Crippen LogP contribution in [0.5, 0.6) is 5.75 Å². The summed E-state index contributed by atoms with van der Waals surface area (Å²) in [7, 11) is 0. The van der Waals surface area contributed by atoms with E-state index in [0.29, 0.717) is 33.0 Å². The van der Waals surface area contributed by atoms with Crippen molar-refractivity contribution in [3.05, 3.63) is 55.2 Å². The minimum Gasteiger partial charge on any atom is -0.489 e. The Hall–Kier alpha value is -2.44. The summed E-state index contributed by atoms with van der Waals surface area (Å²) in [6.45, 7) is 7.15. The van der Waals surface area contributed by atoms with Crippen molar-refractivity contribution in [3.63, 3.8) is 0 Å². The average molecular weight is 553 g/mol. The van der Waals surface area contributed by atoms with Crippen molar-refractivity contribution < 1.29 is 18.8 Å². The van der Waals surface area contributed by atoms with Gasteiger partial charge in [-0.15, -0.1) is 0 Å². The Labute approximate surface area is 243 Å². The number of benzene rings is 1. The molecule has 0 saturated carbocycles. The van der Waals surface area contributed by atoms with Crippen LogP contribution in [-0.2, 0) is 22.6 Å². The first kappa shape index (κ1) is 32.1. The van der Waals surface area contributed by atoms with Crippen LogP contribution in [0.1, 0.15) is 96.8 Å². The van der Waals surface area contributed by atoms with E-state index in [0.717, 1.165) is 29.7 Å². The lowest BCUT2D eigenvalue weighted by Crippen LogP contribution is -2.31. The molecule has 3 rings (SSSR count). The topological polar surface area (TPSA) is 49.4 Å². The number of ether oxygens (including phenoxy) is 3. The Morgan fingerprint density at radius 2 is 1.32 bits per heavy atom. The monoisotopic (exact) mass is 552 g/mol. The summed E-state index contributed by atoms with van der Waals surface area (Å²) < 4.78 is 21.8. The summed E-state index contributed by atoms with van der Waals surface area (Å²) in [5, 5.41) is 1.08. The fraction of sp³-hybridized carbons (Fsp3) is 0.647. The Morgan fingerprint density at radius 1 is 0.700 bits per heavy atom. The number of hydrogen-bond donors (Lipinski definition) is 0. The third-order valence-corrected chi connectivity index (χ3v) is 7.46. The maximum absolute atomic E-state index is 5.85. The van der Waals surface area contributed by atoms with Gasteiger partial charge in [-0.25, -0.2) is 9.13 Å². The van der Waals surface area contributed by atoms with E-state index in [2.05, 4.69) is 39.8 Å². The highest BCUT2D eigenvalue weighted by atomic mass is 16.5. The molecule has 0 N–H and O–H groups in total. The van der Waals surface area contributed by atoms with Crippen LogP contribution in [0.25, 0.3) is 10.9 Å². The molecular formula is C34H54N3O3+. The van der Waals surface area contributed by atoms with Gasteiger partial charge in [-0.1, -0.05) is 102 Å². The van der Waals surface area contributed by atoms with Gasteiger partial charge in [0.15, 0.2) is 0 Å². The van der Waals surface area contributed by atoms with E-state index < -0.39 is 0 Å². The molecular weight excluding hydrogens is 498 g/mol. The number of rotatable bonds is 25. The van der Waals surface area contributed by atoms with Crippen LogP contribution >= 0.6 is 0 Å². The first-order valence-electron chi connectivity index (χ1n) is 16.0. The summed E-state index contributed by atoms with van der Waals surface area (Å²) >= 11 is 0. The van der Waals surface area contributed by atoms with Crippen molar-refractivity contribution in [1.82, 2.24) is 9.55 Å². The van der Waals surface area contributed by atoms with Crippen LogP contribution in [-0.4, -0.2) is 42.6 Å². The lowest BCUT2D eigenvalue weighted by Gasteiger charge is -2.09. The van der Waals surface area contributed by atoms with Gasteiger partial charge in [0.05, 0.1) is 33.0 Å². The van der Waals surface area contributed by atoms with Crippen molar-refractivity contribution in [1.29, 1.82) is 0 Å². The summed E-state index contributed by atoms with van der Waals surface area (Å²) in [5.74, 6) is 0.797. The van der Waals surface area contributed by atoms with Crippen molar-refractivity contribution in [2.45, 2.75) is 110 Å². The van der Waals surface area contributed by atoms with Crippen LogP contribution in [0.15, 0.2) is 55.2 Å². The number of para-hydroxylation sites is 1. The molecule has 6 nitrogen and oxygen atoms in total. The van der Waals surface area contributed by atoms with Crippen molar-refractivity contribution in [2.24, 2.45) is 0 Å². The average Bonchev–Trinajstić information content (AvgIpc) is 3.44. The molecule has 0 fully saturated rings. The van der Waals surface area contributed by atoms with Gasteiger partial charge in [0.2, 0.25) is 6.33 Å². The van der Waals surface area contributed by atoms with Gasteiger partial charge in [-0.3, -0.25) is 4.98 Å². The van der Waals surface area contributed by atoms with E-state index in [1.807, 2.05) is 30.3 Å². The third kappa shape index (κ3) is 13.8. The maximum atomic E-state index is 5.85. The molecule has 1 aromatic carbocycles. The molecule has 0 aliphatic carbocycles. The molecule has 222 valence electrons. The van der Waals surface area contributed by atoms with E-state index in [4.69, 9.17) is 14.2 Å². The second-order valence-electron chi connectivity index (χ2n) is 10.9. The highest BCUT2D eigenvalue weighted by Gasteiger charge is 2.05. The van der Waals surface area contributed by atoms with E-state index in [1.165, 1.54) is 89.9 Å². The molecule has 0 amide bonds. The van der Waals surface area contributed by atoms with Crippen molar-refractivity contribution in [3.8, 4) is 5.75 Å². The molecule has 40 heavy (non-hydrogen) atoms. The van der Waals surface area contributed by atoms with Gasteiger partial charge < -0.3 is 14.2 Å². The van der Waals surface area contributed by atoms with Crippen LogP contribution in [0, 0.1) is 0 Å². The van der Waals surface area contributed by atoms with Crippen molar-refractivity contribution in [2.75, 3.05) is 33.0 Å². The van der Waals surface area contributed by atoms with Gasteiger partial charge >= 0.3 is 0 Å². The molecule has 0 radical (unpaired) electrons. The molecule has 3 aromatic rings. The number of pyridine rings is 1. The highest BCUT2D eigenvalue weighted by molar-refractivity contribution is 5.84. The molecule has 0 bridgehead atoms. The van der Waals surface area contributed by atoms with Gasteiger partial charge in [-0.2, -0.15) is 0 Å². The third-order valence-electron chi connectivity index (χ3n) is 7.46. The normalized spacial score (nSPS) is 11.4. The Balaban J connectivity index is 1.08. The number of imidazole rings is 1. The van der Waals surface area contributed by atoms with Crippen LogP contribution in [0.4, 0.5) is 0 Å². The summed E-state index contributed by atoms with van der Waals surface area (Å²) in [6, 6.07) is 9.95. The molecule has 0 spiro atoms. The molecule has 0 aliphatic heterocycles. The molecule has 0 aliphatic rings. The molecule has 6 heteroatoms. The molecule has 0 unspecified atom stereocenters. The van der Waals surface area contributed by atoms with E-state index in [1.54, 1.807) is 6.20 Å². The second kappa shape index (κ2) is 21.3. The standard InChI is InChI=1S/C34H54N3O3/c1-2-3-4-5-6-7-8-9-10-11-12-13-14-15-22-36-23-24-37(31-36)25-26-38-27-28-39-29-30-40-33-20-16-18-32-19-17-21-35-34(32)33/h16-21,23-24,31H,2-15,22,25-30H2,1H3/q+1. The maximum Gasteiger partial charge on any atom is 0.243 e. The summed E-state index contributed by atoms with van der Waals surface area (Å²) in [6.07, 6.45) is 28.0. The van der Waals surface area contributed by atoms with Crippen LogP contribution < -0.4 is 9.30 Å². The predicted molar refractivity (Wildman–Crippen MR) is 164 cm³/mol. The van der Waals surface area contributed by atoms with E-state index in [9.17, 15) is 0 Å². The zero-order chi connectivity index (χ0) is 27.9. The lowest BCUT2D eigenvalue weighted by atomic mass is 10.0. The highest BCUT2D eigenvalue weighted by Crippen LogP contribution is 2.22. The first-order chi connectivity index (χ1) is 19.9. The fourth-order valence-corrected chi connectivity index (χ4v) is 5.09. The Bertz CT molecular complexity index is 1020. The fourth-order valence-electron chi connectivity index (χ4n) is 5.09. The SMILES string of the molecule is CCCCCCCCCCCCCCCC[n+]1ccn(CCOCCOCCOc2cccc3cccnc23)c1. The number of aromatic nitrogens is 3. The number of fused-ring (bicyclic) bond motifs is 1. The number of nitrogens with zero attached hydrogens (tertiary/aromatic N) is 3. The van der Waals surface area contributed by atoms with Gasteiger partial charge in [0.25, 0.3) is 0 Å². The first-order valence-corrected chi connectivity index (χ1v) is 16.0. The second-order valence-corrected chi connectivity index (χ2v) is 10.9. The molecule has 0 atom stereocenters. The largest absolute Gasteiger partial charge is 0.489 e. The molecule has 0 saturated heterocycles. The zero-order valence-electron chi connectivity index (χ0n) is 25.1. The molecule has 2 heterocycles. The van der Waals surface area contributed by atoms with E-state index >= 15 is 0 Å². The van der Waals surface area contributed by atoms with Crippen molar-refractivity contribution >= 4 is 10.9 Å². The zero-order valence-corrected chi connectivity index (χ0v) is 25.1. The quantitative estimate of drug-likeness (QED) is 0.0791. The Morgan fingerprint density at radius 3 is 2.05 bits per heavy atom. The summed E-state index contributed by atoms with van der Waals surface area (Å²) in [5.41, 5.74) is 0.888. The smallest absolute Gasteiger partial charge is 0.243 e. The number of hydrogen-bond acceptors (Lipinski definition) is 4. The van der Waals surface area contributed by atoms with Gasteiger partial charge in [0, 0.05) is 11.6 Å². The number of unbranched alkanes of at least 4 members (excludes halogenated alkanes) is 13. The molecule has 2 aromatic heterocycles. The minimum absolute atomic E-state index is 0.498. The predicted octanol–water partition coefficient (Wildman–Crippen LogP) is 7.92. The van der Waals surface area contributed by atoms with E-state index in [-0.39, 0.29) is 0 Å².